The van der Waals surface area contributed by atoms with E-state index in [0.29, 0.717) is 6.07 Å². The summed E-state index contributed by atoms with van der Waals surface area (Å²) in [7, 11) is -4.26. The monoisotopic (exact) mass is 424 g/mol. The van der Waals surface area contributed by atoms with Gasteiger partial charge in [-0.3, -0.25) is 4.79 Å². The normalized spacial score (nSPS) is 11.3. The van der Waals surface area contributed by atoms with E-state index >= 15 is 0 Å². The smallest absolute Gasteiger partial charge is 0.257 e. The predicted molar refractivity (Wildman–Crippen MR) is 84.8 cm³/mol. The molecule has 0 saturated heterocycles. The topological polar surface area (TPSA) is 89.3 Å². The molecular weight excluding hydrogens is 418 g/mol. The van der Waals surface area contributed by atoms with E-state index in [1.807, 2.05) is 0 Å². The maximum Gasteiger partial charge on any atom is 0.257 e. The number of hydrogen-bond acceptors (Lipinski definition) is 3. The van der Waals surface area contributed by atoms with Crippen LogP contribution < -0.4 is 10.5 Å². The molecule has 0 fully saturated rings. The summed E-state index contributed by atoms with van der Waals surface area (Å²) < 4.78 is 49.8. The average Bonchev–Trinajstić information content (AvgIpc) is 2.42. The summed E-state index contributed by atoms with van der Waals surface area (Å²) in [5.74, 6) is -2.72. The fraction of sp³-hybridized carbons (Fsp3) is 0. The molecule has 0 aliphatic carbocycles. The molecule has 0 radical (unpaired) electrons. The molecular formula is C13H8BrClF2N2O3S. The Labute approximate surface area is 143 Å². The first-order chi connectivity index (χ1) is 10.6. The fourth-order valence-corrected chi connectivity index (χ4v) is 3.60. The minimum absolute atomic E-state index is 0.129. The number of halogens is 4. The maximum atomic E-state index is 13.7. The van der Waals surface area contributed by atoms with E-state index < -0.39 is 32.5 Å². The lowest BCUT2D eigenvalue weighted by atomic mass is 10.2. The Hall–Kier alpha value is -1.55. The SMILES string of the molecule is NS(=O)(=O)c1cc(F)cc(C(=O)Nc2ccc(Cl)cc2F)c1Br. The summed E-state index contributed by atoms with van der Waals surface area (Å²) in [4.78, 5) is 11.6. The highest BCUT2D eigenvalue weighted by Crippen LogP contribution is 2.28. The summed E-state index contributed by atoms with van der Waals surface area (Å²) in [6.45, 7) is 0. The van der Waals surface area contributed by atoms with Crippen LogP contribution in [0.5, 0.6) is 0 Å². The summed E-state index contributed by atoms with van der Waals surface area (Å²) in [6, 6.07) is 4.99. The van der Waals surface area contributed by atoms with Crippen molar-refractivity contribution in [1.29, 1.82) is 0 Å². The van der Waals surface area contributed by atoms with Crippen molar-refractivity contribution >= 4 is 49.1 Å². The molecule has 3 N–H and O–H groups in total. The lowest BCUT2D eigenvalue weighted by Crippen LogP contribution is -2.18. The zero-order valence-electron chi connectivity index (χ0n) is 11.1. The van der Waals surface area contributed by atoms with Crippen LogP contribution in [-0.4, -0.2) is 14.3 Å². The molecule has 0 saturated carbocycles. The van der Waals surface area contributed by atoms with Crippen molar-refractivity contribution in [1.82, 2.24) is 0 Å². The fourth-order valence-electron chi connectivity index (χ4n) is 1.72. The molecule has 0 spiro atoms. The second-order valence-electron chi connectivity index (χ2n) is 4.39. The molecule has 0 aliphatic heterocycles. The molecule has 5 nitrogen and oxygen atoms in total. The highest BCUT2D eigenvalue weighted by Gasteiger charge is 2.22. The quantitative estimate of drug-likeness (QED) is 0.791. The Morgan fingerprint density at radius 2 is 1.87 bits per heavy atom. The van der Waals surface area contributed by atoms with E-state index in [4.69, 9.17) is 16.7 Å². The van der Waals surface area contributed by atoms with E-state index in [9.17, 15) is 22.0 Å². The van der Waals surface area contributed by atoms with Crippen LogP contribution in [0.2, 0.25) is 5.02 Å². The Morgan fingerprint density at radius 3 is 2.43 bits per heavy atom. The number of carbonyl (C=O) groups excluding carboxylic acids is 1. The van der Waals surface area contributed by atoms with Gasteiger partial charge >= 0.3 is 0 Å². The van der Waals surface area contributed by atoms with Crippen LogP contribution in [0.4, 0.5) is 14.5 Å². The van der Waals surface area contributed by atoms with Gasteiger partial charge in [0.1, 0.15) is 11.6 Å². The van der Waals surface area contributed by atoms with Gasteiger partial charge in [-0.15, -0.1) is 0 Å². The van der Waals surface area contributed by atoms with Crippen molar-refractivity contribution in [3.05, 3.63) is 57.0 Å². The van der Waals surface area contributed by atoms with E-state index in [1.165, 1.54) is 12.1 Å². The van der Waals surface area contributed by atoms with Crippen LogP contribution in [-0.2, 0) is 10.0 Å². The first kappa shape index (κ1) is 17.8. The van der Waals surface area contributed by atoms with E-state index in [1.54, 1.807) is 0 Å². The Morgan fingerprint density at radius 1 is 1.22 bits per heavy atom. The number of hydrogen-bond donors (Lipinski definition) is 2. The zero-order chi connectivity index (χ0) is 17.4. The lowest BCUT2D eigenvalue weighted by Gasteiger charge is -2.10. The van der Waals surface area contributed by atoms with Crippen LogP contribution in [0.15, 0.2) is 39.7 Å². The van der Waals surface area contributed by atoms with E-state index in [-0.39, 0.29) is 20.7 Å². The number of sulfonamides is 1. The Bertz CT molecular complexity index is 906. The molecule has 122 valence electrons. The van der Waals surface area contributed by atoms with Gasteiger partial charge in [-0.1, -0.05) is 11.6 Å². The molecule has 2 rings (SSSR count). The van der Waals surface area contributed by atoms with Gasteiger partial charge in [0.05, 0.1) is 20.6 Å². The summed E-state index contributed by atoms with van der Waals surface area (Å²) in [6.07, 6.45) is 0. The molecule has 0 atom stereocenters. The van der Waals surface area contributed by atoms with Gasteiger partial charge in [-0.25, -0.2) is 22.3 Å². The number of nitrogens with two attached hydrogens (primary N) is 1. The van der Waals surface area contributed by atoms with Crippen molar-refractivity contribution in [2.75, 3.05) is 5.32 Å². The van der Waals surface area contributed by atoms with Crippen molar-refractivity contribution in [2.45, 2.75) is 4.90 Å². The molecule has 23 heavy (non-hydrogen) atoms. The molecule has 1 amide bonds. The maximum absolute atomic E-state index is 13.7. The molecule has 10 heteroatoms. The van der Waals surface area contributed by atoms with Crippen molar-refractivity contribution < 1.29 is 22.0 Å². The summed E-state index contributed by atoms with van der Waals surface area (Å²) in [5.41, 5.74) is -0.559. The minimum atomic E-state index is -4.26. The number of primary sulfonamides is 1. The largest absolute Gasteiger partial charge is 0.319 e. The van der Waals surface area contributed by atoms with Crippen LogP contribution in [0, 0.1) is 11.6 Å². The van der Waals surface area contributed by atoms with Gasteiger partial charge in [-0.05, 0) is 46.3 Å². The minimum Gasteiger partial charge on any atom is -0.319 e. The number of rotatable bonds is 3. The number of anilines is 1. The second kappa shape index (κ2) is 6.52. The Balaban J connectivity index is 2.46. The van der Waals surface area contributed by atoms with Gasteiger partial charge in [0.2, 0.25) is 10.0 Å². The third-order valence-corrected chi connectivity index (χ3v) is 5.02. The van der Waals surface area contributed by atoms with Crippen molar-refractivity contribution in [2.24, 2.45) is 5.14 Å². The molecule has 0 heterocycles. The van der Waals surface area contributed by atoms with Crippen LogP contribution >= 0.6 is 27.5 Å². The zero-order valence-corrected chi connectivity index (χ0v) is 14.3. The van der Waals surface area contributed by atoms with Crippen molar-refractivity contribution in [3.63, 3.8) is 0 Å². The van der Waals surface area contributed by atoms with E-state index in [2.05, 4.69) is 21.2 Å². The van der Waals surface area contributed by atoms with Gasteiger partial charge in [0.15, 0.2) is 0 Å². The number of amides is 1. The average molecular weight is 426 g/mol. The van der Waals surface area contributed by atoms with Gasteiger partial charge < -0.3 is 5.32 Å². The highest BCUT2D eigenvalue weighted by molar-refractivity contribution is 9.10. The van der Waals surface area contributed by atoms with Crippen LogP contribution in [0.25, 0.3) is 0 Å². The van der Waals surface area contributed by atoms with Gasteiger partial charge in [0, 0.05) is 5.02 Å². The number of benzene rings is 2. The Kier molecular flexibility index (Phi) is 5.04. The highest BCUT2D eigenvalue weighted by atomic mass is 79.9. The van der Waals surface area contributed by atoms with Crippen molar-refractivity contribution in [3.8, 4) is 0 Å². The number of carbonyl (C=O) groups is 1. The first-order valence-electron chi connectivity index (χ1n) is 5.88. The van der Waals surface area contributed by atoms with Crippen LogP contribution in [0.1, 0.15) is 10.4 Å². The predicted octanol–water partition coefficient (Wildman–Crippen LogP) is 3.28. The third kappa shape index (κ3) is 4.05. The third-order valence-electron chi connectivity index (χ3n) is 2.73. The molecule has 0 aliphatic rings. The van der Waals surface area contributed by atoms with Crippen LogP contribution in [0.3, 0.4) is 0 Å². The van der Waals surface area contributed by atoms with Gasteiger partial charge in [-0.2, -0.15) is 0 Å². The molecule has 0 unspecified atom stereocenters. The summed E-state index contributed by atoms with van der Waals surface area (Å²) >= 11 is 8.49. The molecule has 0 aromatic heterocycles. The second-order valence-corrected chi connectivity index (χ2v) is 7.15. The standard InChI is InChI=1S/C13H8BrClF2N2O3S/c14-12-8(4-7(16)5-11(12)23(18,21)22)13(20)19-10-2-1-6(15)3-9(10)17/h1-5H,(H,19,20)(H2,18,21,22). The molecule has 2 aromatic carbocycles. The lowest BCUT2D eigenvalue weighted by molar-refractivity contribution is 0.102. The summed E-state index contributed by atoms with van der Waals surface area (Å²) in [5, 5.41) is 7.28. The van der Waals surface area contributed by atoms with E-state index in [0.717, 1.165) is 12.1 Å². The number of nitrogens with one attached hydrogen (secondary N) is 1. The molecule has 2 aromatic rings. The molecule has 0 bridgehead atoms. The first-order valence-corrected chi connectivity index (χ1v) is 8.59. The van der Waals surface area contributed by atoms with Gasteiger partial charge in [0.25, 0.3) is 5.91 Å².